The van der Waals surface area contributed by atoms with Gasteiger partial charge in [0.1, 0.15) is 0 Å². The topological polar surface area (TPSA) is 78.7 Å². The molecule has 4 nitrogen and oxygen atoms in total. The van der Waals surface area contributed by atoms with E-state index in [9.17, 15) is 0 Å². The van der Waals surface area contributed by atoms with Crippen molar-refractivity contribution >= 4 is 36.5 Å². The van der Waals surface area contributed by atoms with Crippen LogP contribution in [0.15, 0.2) is 60.7 Å². The summed E-state index contributed by atoms with van der Waals surface area (Å²) < 4.78 is 0.694. The summed E-state index contributed by atoms with van der Waals surface area (Å²) in [4.78, 5) is 16.5. The van der Waals surface area contributed by atoms with Crippen LogP contribution in [0.5, 0.6) is 0 Å². The number of rotatable bonds is 2. The Kier molecular flexibility index (Phi) is 11.0. The minimum atomic E-state index is 0.500. The molecule has 100 valence electrons. The third-order valence-corrected chi connectivity index (χ3v) is 6.40. The Morgan fingerprint density at radius 1 is 0.750 bits per heavy atom. The summed E-state index contributed by atoms with van der Waals surface area (Å²) in [6, 6.07) is 21.6. The smallest absolute Gasteiger partial charge is 0.0159 e. The first-order valence-corrected chi connectivity index (χ1v) is 9.13. The van der Waals surface area contributed by atoms with Crippen molar-refractivity contribution in [1.29, 1.82) is 0 Å². The Morgan fingerprint density at radius 3 is 1.25 bits per heavy atom. The second kappa shape index (κ2) is 12.1. The molecule has 0 saturated carbocycles. The third-order valence-electron chi connectivity index (χ3n) is 2.60. The third kappa shape index (κ3) is 7.49. The second-order valence-electron chi connectivity index (χ2n) is 3.73. The van der Waals surface area contributed by atoms with Gasteiger partial charge in [-0.15, -0.1) is 0 Å². The molecular formula is C15H13InN2O2-2. The van der Waals surface area contributed by atoms with Gasteiger partial charge in [-0.25, -0.2) is 0 Å². The molecule has 2 aromatic rings. The van der Waals surface area contributed by atoms with Crippen LogP contribution in [0, 0.1) is 0 Å². The van der Waals surface area contributed by atoms with E-state index in [1.807, 2.05) is 0 Å². The van der Waals surface area contributed by atoms with Crippen molar-refractivity contribution < 1.29 is 9.59 Å². The largest absolute Gasteiger partial charge is 0.724 e. The molecule has 0 saturated heterocycles. The number of nitrogens with zero attached hydrogens (tertiary/aromatic N) is 2. The van der Waals surface area contributed by atoms with Crippen LogP contribution >= 0.6 is 0 Å². The van der Waals surface area contributed by atoms with E-state index in [0.29, 0.717) is 40.2 Å². The molecule has 5 heteroatoms. The first-order valence-electron chi connectivity index (χ1n) is 5.83. The van der Waals surface area contributed by atoms with E-state index >= 15 is 0 Å². The van der Waals surface area contributed by atoms with E-state index in [2.05, 4.69) is 60.7 Å². The summed E-state index contributed by atoms with van der Waals surface area (Å²) >= 11 is 0.613. The minimum absolute atomic E-state index is 0.500. The van der Waals surface area contributed by atoms with Gasteiger partial charge in [-0.05, 0) is 12.2 Å². The fourth-order valence-corrected chi connectivity index (χ4v) is 3.87. The van der Waals surface area contributed by atoms with Crippen LogP contribution in [-0.2, 0) is 9.59 Å². The number of carbonyl (C=O) groups excluding carboxylic acids is 2. The summed E-state index contributed by atoms with van der Waals surface area (Å²) in [5.41, 5.74) is 2.93. The number of hydrogen-bond donors (Lipinski definition) is 0. The molecule has 0 bridgehead atoms. The van der Waals surface area contributed by atoms with Crippen LogP contribution in [0.4, 0.5) is 0 Å². The molecule has 0 aliphatic heterocycles. The summed E-state index contributed by atoms with van der Waals surface area (Å²) in [5, 5.41) is 13.5. The van der Waals surface area contributed by atoms with E-state index in [0.717, 1.165) is 0 Å². The van der Waals surface area contributed by atoms with Gasteiger partial charge >= 0.3 is 99.8 Å². The Morgan fingerprint density at radius 2 is 1.00 bits per heavy atom. The van der Waals surface area contributed by atoms with Crippen molar-refractivity contribution in [3.05, 3.63) is 82.6 Å². The Labute approximate surface area is 132 Å². The molecule has 0 aliphatic rings. The van der Waals surface area contributed by atoms with Gasteiger partial charge in [-0.2, -0.15) is 0 Å². The van der Waals surface area contributed by atoms with Crippen LogP contribution < -0.4 is 0 Å². The molecule has 0 aliphatic carbocycles. The zero-order chi connectivity index (χ0) is 15.2. The monoisotopic (exact) mass is 368 g/mol. The van der Waals surface area contributed by atoms with Crippen LogP contribution in [0.2, 0.25) is 0 Å². The fraction of sp³-hybridized carbons (Fsp3) is 0.0667. The first-order chi connectivity index (χ1) is 9.71. The van der Waals surface area contributed by atoms with Crippen molar-refractivity contribution in [3.8, 4) is 0 Å². The molecule has 0 spiro atoms. The predicted molar refractivity (Wildman–Crippen MR) is 81.4 cm³/mol. The Balaban J connectivity index is 0.000000520. The van der Waals surface area contributed by atoms with Gasteiger partial charge < -0.3 is 10.8 Å². The van der Waals surface area contributed by atoms with Gasteiger partial charge in [0.05, 0.1) is 0 Å². The van der Waals surface area contributed by atoms with E-state index in [4.69, 9.17) is 20.4 Å². The first kappa shape index (κ1) is 18.1. The quantitative estimate of drug-likeness (QED) is 0.602. The molecule has 0 radical (unpaired) electrons. The molecule has 0 aromatic heterocycles. The summed E-state index contributed by atoms with van der Waals surface area (Å²) in [5.74, 6) is 0. The maximum atomic E-state index is 8.24. The van der Waals surface area contributed by atoms with Crippen molar-refractivity contribution in [2.75, 3.05) is 0 Å². The zero-order valence-electron chi connectivity index (χ0n) is 11.1. The van der Waals surface area contributed by atoms with Gasteiger partial charge in [0, 0.05) is 0 Å². The molecule has 0 heterocycles. The summed E-state index contributed by atoms with van der Waals surface area (Å²) in [6.45, 7) is 0. The van der Waals surface area contributed by atoms with Crippen molar-refractivity contribution in [2.24, 2.45) is 0 Å². The maximum Gasteiger partial charge on any atom is -0.0159 e. The molecule has 0 unspecified atom stereocenters. The summed E-state index contributed by atoms with van der Waals surface area (Å²) in [6.07, 6.45) is 1.00. The predicted octanol–water partition coefficient (Wildman–Crippen LogP) is 2.19. The van der Waals surface area contributed by atoms with Crippen LogP contribution in [0.3, 0.4) is 0 Å². The molecule has 0 fully saturated rings. The number of isocyanates is 2. The van der Waals surface area contributed by atoms with E-state index in [1.165, 1.54) is 11.1 Å². The second-order valence-corrected chi connectivity index (χ2v) is 7.02. The van der Waals surface area contributed by atoms with E-state index < -0.39 is 0 Å². The molecule has 0 N–H and O–H groups in total. The van der Waals surface area contributed by atoms with Gasteiger partial charge in [-0.3, -0.25) is 9.59 Å². The SMILES string of the molecule is [InH2][CH](c1ccccc1)c1ccccc1.[N-]=C=O.[N-]=C=O. The molecule has 2 aromatic carbocycles. The van der Waals surface area contributed by atoms with E-state index in [-0.39, 0.29) is 0 Å². The average molecular weight is 368 g/mol. The number of hydrogen-bond acceptors (Lipinski definition) is 2. The van der Waals surface area contributed by atoms with Crippen LogP contribution in [0.1, 0.15) is 14.8 Å². The standard InChI is InChI=1S/C13H11.2CNO.In.2H/c1-3-7-12(8-4-1)11-13-9-5-2-6-10-13;2*2-1-3;;;/h1-11H;;;;;/q;2*-1;;;. The zero-order valence-corrected chi connectivity index (χ0v) is 16.8. The number of benzene rings is 2. The fourth-order valence-electron chi connectivity index (χ4n) is 1.68. The van der Waals surface area contributed by atoms with Crippen LogP contribution in [0.25, 0.3) is 10.8 Å². The van der Waals surface area contributed by atoms with Gasteiger partial charge in [0.2, 0.25) is 0 Å². The van der Waals surface area contributed by atoms with E-state index in [1.54, 1.807) is 0 Å². The van der Waals surface area contributed by atoms with Crippen molar-refractivity contribution in [3.63, 3.8) is 0 Å². The molecule has 2 rings (SSSR count). The normalized spacial score (nSPS) is 8.05. The molecular weight excluding hydrogens is 355 g/mol. The molecule has 0 atom stereocenters. The van der Waals surface area contributed by atoms with Crippen LogP contribution in [-0.4, -0.2) is 36.5 Å². The Bertz CT molecular complexity index is 495. The molecule has 0 amide bonds. The Hall–Kier alpha value is -1.93. The van der Waals surface area contributed by atoms with Gasteiger partial charge in [-0.1, -0.05) is 0 Å². The maximum absolute atomic E-state index is 8.24. The van der Waals surface area contributed by atoms with Crippen molar-refractivity contribution in [1.82, 2.24) is 0 Å². The summed E-state index contributed by atoms with van der Waals surface area (Å²) in [7, 11) is 0. The van der Waals surface area contributed by atoms with Gasteiger partial charge in [0.25, 0.3) is 0 Å². The minimum Gasteiger partial charge on any atom is -0.724 e. The average Bonchev–Trinajstić information content (AvgIpc) is 2.50. The molecule has 20 heavy (non-hydrogen) atoms. The van der Waals surface area contributed by atoms with Gasteiger partial charge in [0.15, 0.2) is 0 Å². The van der Waals surface area contributed by atoms with Crippen molar-refractivity contribution in [2.45, 2.75) is 3.67 Å².